The molecule has 0 aliphatic rings. The van der Waals surface area contributed by atoms with Crippen molar-refractivity contribution < 1.29 is 14.7 Å². The molecule has 0 aliphatic heterocycles. The van der Waals surface area contributed by atoms with Crippen LogP contribution in [0.3, 0.4) is 0 Å². The highest BCUT2D eigenvalue weighted by Gasteiger charge is 2.32. The lowest BCUT2D eigenvalue weighted by molar-refractivity contribution is -0.149. The van der Waals surface area contributed by atoms with Crippen molar-refractivity contribution >= 4 is 46.7 Å². The number of aliphatic carboxylic acids is 1. The minimum atomic E-state index is -1.43. The molecule has 0 radical (unpaired) electrons. The Labute approximate surface area is 201 Å². The third kappa shape index (κ3) is 5.20. The molecule has 1 atom stereocenters. The summed E-state index contributed by atoms with van der Waals surface area (Å²) in [6.07, 6.45) is 3.47. The van der Waals surface area contributed by atoms with Crippen LogP contribution in [-0.4, -0.2) is 26.4 Å². The van der Waals surface area contributed by atoms with Crippen molar-refractivity contribution in [3.63, 3.8) is 0 Å². The van der Waals surface area contributed by atoms with Gasteiger partial charge in [0.05, 0.1) is 10.9 Å². The molecule has 3 aromatic rings. The first kappa shape index (κ1) is 24.4. The van der Waals surface area contributed by atoms with Gasteiger partial charge in [-0.1, -0.05) is 55.7 Å². The maximum absolute atomic E-state index is 12.4. The summed E-state index contributed by atoms with van der Waals surface area (Å²) in [4.78, 5) is 28.8. The standard InChI is InChI=1S/C24H24Cl2N2O3S/c1-13(2)20-21(14(3)22(29)24(30)31)15(4)28(12-16-5-7-27-8-6-16)23(20)32-19-10-17(25)9-18(26)11-19/h5-11,13-14H,12H2,1-4H3,(H,30,31). The average molecular weight is 491 g/mol. The van der Waals surface area contributed by atoms with Crippen molar-refractivity contribution in [3.8, 4) is 0 Å². The molecule has 3 rings (SSSR count). The van der Waals surface area contributed by atoms with Crippen LogP contribution in [0.15, 0.2) is 52.6 Å². The van der Waals surface area contributed by atoms with Gasteiger partial charge in [0.2, 0.25) is 5.78 Å². The summed E-state index contributed by atoms with van der Waals surface area (Å²) in [5.41, 5.74) is 3.63. The van der Waals surface area contributed by atoms with E-state index in [0.29, 0.717) is 16.6 Å². The molecule has 1 aromatic carbocycles. The molecular formula is C24H24Cl2N2O3S. The highest BCUT2D eigenvalue weighted by Crippen LogP contribution is 2.43. The number of pyridine rings is 1. The third-order valence-electron chi connectivity index (χ3n) is 5.32. The second-order valence-electron chi connectivity index (χ2n) is 7.91. The van der Waals surface area contributed by atoms with E-state index < -0.39 is 17.7 Å². The Bertz CT molecular complexity index is 1140. The van der Waals surface area contributed by atoms with E-state index >= 15 is 0 Å². The predicted octanol–water partition coefficient (Wildman–Crippen LogP) is 6.58. The topological polar surface area (TPSA) is 72.2 Å². The molecule has 0 saturated carbocycles. The average Bonchev–Trinajstić information content (AvgIpc) is 2.98. The van der Waals surface area contributed by atoms with Crippen LogP contribution in [0, 0.1) is 6.92 Å². The van der Waals surface area contributed by atoms with Crippen LogP contribution in [-0.2, 0) is 16.1 Å². The van der Waals surface area contributed by atoms with Gasteiger partial charge < -0.3 is 9.67 Å². The van der Waals surface area contributed by atoms with Gasteiger partial charge in [0.1, 0.15) is 0 Å². The molecule has 0 amide bonds. The molecule has 8 heteroatoms. The van der Waals surface area contributed by atoms with Crippen molar-refractivity contribution in [2.75, 3.05) is 0 Å². The minimum Gasteiger partial charge on any atom is -0.475 e. The summed E-state index contributed by atoms with van der Waals surface area (Å²) in [7, 11) is 0. The number of carbonyl (C=O) groups excluding carboxylic acids is 1. The van der Waals surface area contributed by atoms with Crippen LogP contribution in [0.1, 0.15) is 55.0 Å². The summed E-state index contributed by atoms with van der Waals surface area (Å²) in [5, 5.41) is 11.3. The molecular weight excluding hydrogens is 467 g/mol. The second kappa shape index (κ2) is 10.1. The van der Waals surface area contributed by atoms with Gasteiger partial charge in [0, 0.05) is 39.6 Å². The molecule has 0 aliphatic carbocycles. The molecule has 1 unspecified atom stereocenters. The zero-order valence-electron chi connectivity index (χ0n) is 18.2. The van der Waals surface area contributed by atoms with E-state index in [9.17, 15) is 14.7 Å². The number of Topliss-reactive ketones (excluding diaryl/α,β-unsaturated/α-hetero) is 1. The van der Waals surface area contributed by atoms with Gasteiger partial charge in [-0.3, -0.25) is 9.78 Å². The number of ketones is 1. The summed E-state index contributed by atoms with van der Waals surface area (Å²) in [6.45, 7) is 8.23. The van der Waals surface area contributed by atoms with Crippen molar-refractivity contribution in [1.82, 2.24) is 9.55 Å². The number of carbonyl (C=O) groups is 2. The third-order valence-corrected chi connectivity index (χ3v) is 6.86. The Morgan fingerprint density at radius 1 is 1.06 bits per heavy atom. The highest BCUT2D eigenvalue weighted by atomic mass is 35.5. The Hall–Kier alpha value is -2.28. The smallest absolute Gasteiger partial charge is 0.372 e. The van der Waals surface area contributed by atoms with Crippen LogP contribution in [0.5, 0.6) is 0 Å². The number of benzene rings is 1. The van der Waals surface area contributed by atoms with Gasteiger partial charge in [-0.25, -0.2) is 4.79 Å². The number of hydrogen-bond donors (Lipinski definition) is 1. The Morgan fingerprint density at radius 2 is 1.66 bits per heavy atom. The van der Waals surface area contributed by atoms with Gasteiger partial charge in [-0.15, -0.1) is 0 Å². The van der Waals surface area contributed by atoms with E-state index in [1.165, 1.54) is 11.8 Å². The number of hydrogen-bond acceptors (Lipinski definition) is 4. The Balaban J connectivity index is 2.24. The van der Waals surface area contributed by atoms with Gasteiger partial charge >= 0.3 is 5.97 Å². The van der Waals surface area contributed by atoms with Crippen molar-refractivity contribution in [2.24, 2.45) is 0 Å². The lowest BCUT2D eigenvalue weighted by Crippen LogP contribution is -2.21. The van der Waals surface area contributed by atoms with Crippen LogP contribution in [0.4, 0.5) is 0 Å². The maximum atomic E-state index is 12.4. The Morgan fingerprint density at radius 3 is 2.19 bits per heavy atom. The van der Waals surface area contributed by atoms with Crippen LogP contribution in [0.25, 0.3) is 0 Å². The van der Waals surface area contributed by atoms with E-state index in [1.807, 2.05) is 45.0 Å². The minimum absolute atomic E-state index is 0.0589. The molecule has 2 aromatic heterocycles. The zero-order chi connectivity index (χ0) is 23.6. The van der Waals surface area contributed by atoms with Gasteiger partial charge in [0.25, 0.3) is 0 Å². The van der Waals surface area contributed by atoms with E-state index in [4.69, 9.17) is 23.2 Å². The first-order chi connectivity index (χ1) is 15.1. The lowest BCUT2D eigenvalue weighted by Gasteiger charge is -2.15. The first-order valence-electron chi connectivity index (χ1n) is 10.1. The summed E-state index contributed by atoms with van der Waals surface area (Å²) in [6, 6.07) is 9.23. The first-order valence-corrected chi connectivity index (χ1v) is 11.7. The fourth-order valence-electron chi connectivity index (χ4n) is 3.84. The zero-order valence-corrected chi connectivity index (χ0v) is 20.6. The molecule has 5 nitrogen and oxygen atoms in total. The number of halogens is 2. The van der Waals surface area contributed by atoms with Crippen molar-refractivity contribution in [2.45, 2.75) is 56.0 Å². The Kier molecular flexibility index (Phi) is 7.70. The van der Waals surface area contributed by atoms with E-state index in [0.717, 1.165) is 32.3 Å². The van der Waals surface area contributed by atoms with Crippen LogP contribution >= 0.6 is 35.0 Å². The van der Waals surface area contributed by atoms with Gasteiger partial charge in [-0.05, 0) is 59.9 Å². The maximum Gasteiger partial charge on any atom is 0.372 e. The van der Waals surface area contributed by atoms with Crippen molar-refractivity contribution in [1.29, 1.82) is 0 Å². The normalized spacial score (nSPS) is 12.2. The number of aromatic nitrogens is 2. The number of rotatable bonds is 8. The molecule has 0 bridgehead atoms. The predicted molar refractivity (Wildman–Crippen MR) is 128 cm³/mol. The van der Waals surface area contributed by atoms with Gasteiger partial charge in [-0.2, -0.15) is 0 Å². The highest BCUT2D eigenvalue weighted by molar-refractivity contribution is 7.99. The number of carboxylic acid groups (broad SMARTS) is 1. The number of nitrogens with zero attached hydrogens (tertiary/aromatic N) is 2. The van der Waals surface area contributed by atoms with Crippen LogP contribution < -0.4 is 0 Å². The monoisotopic (exact) mass is 490 g/mol. The van der Waals surface area contributed by atoms with Crippen molar-refractivity contribution in [3.05, 3.63) is 75.2 Å². The largest absolute Gasteiger partial charge is 0.475 e. The van der Waals surface area contributed by atoms with E-state index in [2.05, 4.69) is 9.55 Å². The number of carboxylic acids is 1. The van der Waals surface area contributed by atoms with E-state index in [-0.39, 0.29) is 5.92 Å². The molecule has 2 heterocycles. The van der Waals surface area contributed by atoms with E-state index in [1.54, 1.807) is 25.4 Å². The molecule has 0 fully saturated rings. The molecule has 0 spiro atoms. The lowest BCUT2D eigenvalue weighted by atomic mass is 9.89. The van der Waals surface area contributed by atoms with Crippen LogP contribution in [0.2, 0.25) is 10.0 Å². The fraction of sp³-hybridized carbons (Fsp3) is 0.292. The summed E-state index contributed by atoms with van der Waals surface area (Å²) >= 11 is 14.0. The SMILES string of the molecule is Cc1c(C(C)C(=O)C(=O)O)c(C(C)C)c(Sc2cc(Cl)cc(Cl)c2)n1Cc1ccncc1. The molecule has 1 N–H and O–H groups in total. The molecule has 32 heavy (non-hydrogen) atoms. The summed E-state index contributed by atoms with van der Waals surface area (Å²) < 4.78 is 2.13. The summed E-state index contributed by atoms with van der Waals surface area (Å²) in [5.74, 6) is -2.96. The quantitative estimate of drug-likeness (QED) is 0.361. The molecule has 0 saturated heterocycles. The van der Waals surface area contributed by atoms with Gasteiger partial charge in [0.15, 0.2) is 0 Å². The fourth-order valence-corrected chi connectivity index (χ4v) is 5.86. The second-order valence-corrected chi connectivity index (χ2v) is 9.85. The molecule has 168 valence electrons.